The Kier molecular flexibility index (Phi) is 3.10. The van der Waals surface area contributed by atoms with Gasteiger partial charge in [0.15, 0.2) is 9.84 Å². The highest BCUT2D eigenvalue weighted by molar-refractivity contribution is 7.92. The molecule has 4 aromatic heterocycles. The van der Waals surface area contributed by atoms with Gasteiger partial charge in [0.25, 0.3) is 0 Å². The third-order valence-corrected chi connectivity index (χ3v) is 6.46. The van der Waals surface area contributed by atoms with Crippen molar-refractivity contribution >= 4 is 26.8 Å². The first-order chi connectivity index (χ1) is 11.0. The number of pyridine rings is 1. The zero-order valence-corrected chi connectivity index (χ0v) is 13.7. The van der Waals surface area contributed by atoms with Crippen molar-refractivity contribution in [2.75, 3.05) is 6.26 Å². The first-order valence-corrected chi connectivity index (χ1v) is 9.50. The fourth-order valence-electron chi connectivity index (χ4n) is 2.40. The minimum absolute atomic E-state index is 0.355. The number of nitrogens with zero attached hydrogens (tertiary/aromatic N) is 3. The van der Waals surface area contributed by atoms with Gasteiger partial charge in [0.2, 0.25) is 0 Å². The molecule has 0 spiro atoms. The zero-order chi connectivity index (χ0) is 16.0. The first-order valence-electron chi connectivity index (χ1n) is 6.79. The molecule has 0 aliphatic heterocycles. The van der Waals surface area contributed by atoms with Gasteiger partial charge in [0.1, 0.15) is 9.86 Å². The number of aromatic nitrogens is 4. The third-order valence-electron chi connectivity index (χ3n) is 3.54. The summed E-state index contributed by atoms with van der Waals surface area (Å²) in [7, 11) is -3.19. The molecular formula is C15H12N4O2S2. The minimum atomic E-state index is -3.19. The zero-order valence-electron chi connectivity index (χ0n) is 12.1. The summed E-state index contributed by atoms with van der Waals surface area (Å²) in [6.07, 6.45) is 8.53. The molecule has 0 saturated carbocycles. The summed E-state index contributed by atoms with van der Waals surface area (Å²) in [4.78, 5) is 5.25. The molecule has 23 heavy (non-hydrogen) atoms. The summed E-state index contributed by atoms with van der Waals surface area (Å²) in [6.45, 7) is 0. The first kappa shape index (κ1) is 14.2. The van der Waals surface area contributed by atoms with Crippen molar-refractivity contribution in [2.24, 2.45) is 0 Å². The lowest BCUT2D eigenvalue weighted by atomic mass is 10.2. The van der Waals surface area contributed by atoms with Gasteiger partial charge in [0.05, 0.1) is 23.0 Å². The van der Waals surface area contributed by atoms with Crippen LogP contribution in [0.2, 0.25) is 0 Å². The van der Waals surface area contributed by atoms with E-state index in [0.717, 1.165) is 27.3 Å². The number of aromatic amines is 1. The number of imidazole rings is 1. The SMILES string of the molecule is CS(=O)(=O)c1ccc(-c2cnc3ccc(-c4cn[nH]c4)cn23)s1. The fourth-order valence-corrected chi connectivity index (χ4v) is 4.33. The molecule has 4 heterocycles. The highest BCUT2D eigenvalue weighted by Gasteiger charge is 2.14. The van der Waals surface area contributed by atoms with Crippen LogP contribution in [0.5, 0.6) is 0 Å². The highest BCUT2D eigenvalue weighted by Crippen LogP contribution is 2.32. The van der Waals surface area contributed by atoms with Crippen LogP contribution in [0.25, 0.3) is 27.3 Å². The van der Waals surface area contributed by atoms with E-state index in [4.69, 9.17) is 0 Å². The van der Waals surface area contributed by atoms with Crippen LogP contribution >= 0.6 is 11.3 Å². The summed E-state index contributed by atoms with van der Waals surface area (Å²) in [5.41, 5.74) is 3.66. The Bertz CT molecular complexity index is 1090. The summed E-state index contributed by atoms with van der Waals surface area (Å²) < 4.78 is 25.6. The molecule has 1 N–H and O–H groups in total. The second kappa shape index (κ2) is 5.04. The van der Waals surface area contributed by atoms with E-state index < -0.39 is 9.84 Å². The van der Waals surface area contributed by atoms with E-state index in [-0.39, 0.29) is 0 Å². The van der Waals surface area contributed by atoms with Crippen molar-refractivity contribution in [2.45, 2.75) is 4.21 Å². The van der Waals surface area contributed by atoms with Gasteiger partial charge in [-0.1, -0.05) is 0 Å². The van der Waals surface area contributed by atoms with Gasteiger partial charge in [0, 0.05) is 29.8 Å². The lowest BCUT2D eigenvalue weighted by Gasteiger charge is -2.02. The van der Waals surface area contributed by atoms with Crippen LogP contribution < -0.4 is 0 Å². The monoisotopic (exact) mass is 344 g/mol. The lowest BCUT2D eigenvalue weighted by Crippen LogP contribution is -1.91. The highest BCUT2D eigenvalue weighted by atomic mass is 32.2. The molecule has 0 radical (unpaired) electrons. The topological polar surface area (TPSA) is 80.1 Å². The second-order valence-electron chi connectivity index (χ2n) is 5.17. The predicted molar refractivity (Wildman–Crippen MR) is 89.2 cm³/mol. The molecule has 4 rings (SSSR count). The Morgan fingerprint density at radius 3 is 2.70 bits per heavy atom. The van der Waals surface area contributed by atoms with Gasteiger partial charge in [-0.3, -0.25) is 9.50 Å². The summed E-state index contributed by atoms with van der Waals surface area (Å²) >= 11 is 1.25. The Balaban J connectivity index is 1.87. The van der Waals surface area contributed by atoms with Crippen LogP contribution in [0.1, 0.15) is 0 Å². The summed E-state index contributed by atoms with van der Waals surface area (Å²) in [5, 5.41) is 6.76. The van der Waals surface area contributed by atoms with Crippen LogP contribution in [0.15, 0.2) is 53.3 Å². The van der Waals surface area contributed by atoms with Crippen molar-refractivity contribution in [3.05, 3.63) is 49.1 Å². The maximum absolute atomic E-state index is 11.7. The number of nitrogens with one attached hydrogen (secondary N) is 1. The molecule has 6 nitrogen and oxygen atoms in total. The van der Waals surface area contributed by atoms with Crippen molar-refractivity contribution in [1.82, 2.24) is 19.6 Å². The van der Waals surface area contributed by atoms with Gasteiger partial charge < -0.3 is 0 Å². The Morgan fingerprint density at radius 2 is 2.00 bits per heavy atom. The van der Waals surface area contributed by atoms with Gasteiger partial charge in [-0.25, -0.2) is 13.4 Å². The average Bonchev–Trinajstić information content (AvgIpc) is 3.25. The van der Waals surface area contributed by atoms with Crippen molar-refractivity contribution in [3.63, 3.8) is 0 Å². The maximum atomic E-state index is 11.7. The second-order valence-corrected chi connectivity index (χ2v) is 8.49. The lowest BCUT2D eigenvalue weighted by molar-refractivity contribution is 0.604. The summed E-state index contributed by atoms with van der Waals surface area (Å²) in [6, 6.07) is 7.36. The molecule has 0 saturated heterocycles. The molecule has 0 aliphatic carbocycles. The Hall–Kier alpha value is -2.45. The number of H-pyrrole nitrogens is 1. The van der Waals surface area contributed by atoms with E-state index in [0.29, 0.717) is 4.21 Å². The Morgan fingerprint density at radius 1 is 1.13 bits per heavy atom. The predicted octanol–water partition coefficient (Wildman–Crippen LogP) is 2.86. The average molecular weight is 344 g/mol. The quantitative estimate of drug-likeness (QED) is 0.620. The van der Waals surface area contributed by atoms with Gasteiger partial charge in [-0.2, -0.15) is 5.10 Å². The van der Waals surface area contributed by atoms with Crippen LogP contribution in [-0.4, -0.2) is 34.3 Å². The van der Waals surface area contributed by atoms with Crippen LogP contribution in [0.3, 0.4) is 0 Å². The Labute approximate surface area is 136 Å². The van der Waals surface area contributed by atoms with Gasteiger partial charge >= 0.3 is 0 Å². The number of rotatable bonds is 3. The molecule has 0 bridgehead atoms. The number of thiophene rings is 1. The van der Waals surface area contributed by atoms with Crippen molar-refractivity contribution in [1.29, 1.82) is 0 Å². The summed E-state index contributed by atoms with van der Waals surface area (Å²) in [5.74, 6) is 0. The van der Waals surface area contributed by atoms with Crippen LogP contribution in [-0.2, 0) is 9.84 Å². The largest absolute Gasteiger partial charge is 0.298 e. The van der Waals surface area contributed by atoms with Crippen molar-refractivity contribution in [3.8, 4) is 21.7 Å². The van der Waals surface area contributed by atoms with E-state index in [2.05, 4.69) is 15.2 Å². The van der Waals surface area contributed by atoms with E-state index >= 15 is 0 Å². The molecule has 0 atom stereocenters. The molecule has 8 heteroatoms. The molecule has 0 unspecified atom stereocenters. The normalized spacial score (nSPS) is 12.0. The fraction of sp³-hybridized carbons (Fsp3) is 0.0667. The van der Waals surface area contributed by atoms with Gasteiger partial charge in [-0.15, -0.1) is 11.3 Å². The number of hydrogen-bond acceptors (Lipinski definition) is 5. The molecule has 4 aromatic rings. The molecule has 0 aliphatic rings. The molecule has 116 valence electrons. The maximum Gasteiger partial charge on any atom is 0.184 e. The van der Waals surface area contributed by atoms with E-state index in [9.17, 15) is 8.42 Å². The molecular weight excluding hydrogens is 332 g/mol. The van der Waals surface area contributed by atoms with Crippen LogP contribution in [0, 0.1) is 0 Å². The number of fused-ring (bicyclic) bond motifs is 1. The number of sulfone groups is 1. The van der Waals surface area contributed by atoms with E-state index in [1.165, 1.54) is 17.6 Å². The smallest absolute Gasteiger partial charge is 0.184 e. The van der Waals surface area contributed by atoms with E-state index in [1.54, 1.807) is 18.5 Å². The van der Waals surface area contributed by atoms with Crippen molar-refractivity contribution < 1.29 is 8.42 Å². The molecule has 0 fully saturated rings. The van der Waals surface area contributed by atoms with Crippen LogP contribution in [0.4, 0.5) is 0 Å². The van der Waals surface area contributed by atoms with Gasteiger partial charge in [-0.05, 0) is 24.3 Å². The molecule has 0 amide bonds. The standard InChI is InChI=1S/C15H12N4O2S2/c1-23(20,21)15-5-3-13(22-15)12-8-16-14-4-2-10(9-19(12)14)11-6-17-18-7-11/h2-9H,1H3,(H,17,18). The molecule has 0 aromatic carbocycles. The minimum Gasteiger partial charge on any atom is -0.298 e. The third kappa shape index (κ3) is 2.45. The van der Waals surface area contributed by atoms with E-state index in [1.807, 2.05) is 35.0 Å². The number of hydrogen-bond donors (Lipinski definition) is 1.